The van der Waals surface area contributed by atoms with E-state index in [1.54, 1.807) is 0 Å². The minimum atomic E-state index is -0.528. The summed E-state index contributed by atoms with van der Waals surface area (Å²) in [6, 6.07) is 0.287. The van der Waals surface area contributed by atoms with E-state index in [0.717, 1.165) is 19.5 Å². The Morgan fingerprint density at radius 3 is 2.62 bits per heavy atom. The summed E-state index contributed by atoms with van der Waals surface area (Å²) in [7, 11) is 4.25. The number of hydrogen-bond acceptors (Lipinski definition) is 3. The van der Waals surface area contributed by atoms with Gasteiger partial charge >= 0.3 is 0 Å². The summed E-state index contributed by atoms with van der Waals surface area (Å²) < 4.78 is 0. The van der Waals surface area contributed by atoms with Crippen LogP contribution in [0.25, 0.3) is 0 Å². The van der Waals surface area contributed by atoms with Crippen LogP contribution in [-0.4, -0.2) is 53.7 Å². The third-order valence-corrected chi connectivity index (χ3v) is 4.31. The second-order valence-electron chi connectivity index (χ2n) is 5.84. The molecular weight excluding hydrogens is 200 g/mol. The predicted octanol–water partition coefficient (Wildman–Crippen LogP) is 1.15. The van der Waals surface area contributed by atoms with E-state index in [0.29, 0.717) is 11.8 Å². The molecule has 0 aromatic heterocycles. The Hall–Kier alpha value is -0.540. The Kier molecular flexibility index (Phi) is 3.01. The number of rotatable bonds is 1. The van der Waals surface area contributed by atoms with Gasteiger partial charge in [0, 0.05) is 32.1 Å². The molecule has 0 spiro atoms. The van der Waals surface area contributed by atoms with E-state index >= 15 is 0 Å². The van der Waals surface area contributed by atoms with Crippen LogP contribution in [0.15, 0.2) is 12.3 Å². The highest BCUT2D eigenvalue weighted by Gasteiger charge is 2.46. The van der Waals surface area contributed by atoms with E-state index in [2.05, 4.69) is 43.1 Å². The highest BCUT2D eigenvalue weighted by Crippen LogP contribution is 2.37. The van der Waals surface area contributed by atoms with Gasteiger partial charge in [-0.25, -0.2) is 0 Å². The highest BCUT2D eigenvalue weighted by molar-refractivity contribution is 5.06. The van der Waals surface area contributed by atoms with Crippen molar-refractivity contribution in [2.24, 2.45) is 11.8 Å². The fraction of sp³-hybridized carbons (Fsp3) is 0.846. The number of likely N-dealkylation sites (N-methyl/N-ethyl adjacent to an activating group) is 1. The lowest BCUT2D eigenvalue weighted by atomic mass is 9.78. The zero-order valence-corrected chi connectivity index (χ0v) is 10.8. The zero-order chi connectivity index (χ0) is 11.9. The van der Waals surface area contributed by atoms with E-state index in [9.17, 15) is 5.11 Å². The van der Waals surface area contributed by atoms with Crippen molar-refractivity contribution < 1.29 is 5.11 Å². The number of allylic oxidation sites excluding steroid dienone is 1. The smallest absolute Gasteiger partial charge is 0.0789 e. The molecule has 2 heterocycles. The lowest BCUT2D eigenvalue weighted by Crippen LogP contribution is -2.52. The van der Waals surface area contributed by atoms with Gasteiger partial charge in [-0.15, -0.1) is 0 Å². The lowest BCUT2D eigenvalue weighted by molar-refractivity contribution is -0.0146. The fourth-order valence-corrected chi connectivity index (χ4v) is 3.32. The Morgan fingerprint density at radius 2 is 2.06 bits per heavy atom. The SMILES string of the molecule is CC1C=CN(C)CC1C1N(C)CCC1(C)O. The van der Waals surface area contributed by atoms with E-state index in [4.69, 9.17) is 0 Å². The van der Waals surface area contributed by atoms with Crippen LogP contribution in [0.2, 0.25) is 0 Å². The molecule has 0 saturated carbocycles. The van der Waals surface area contributed by atoms with Crippen molar-refractivity contribution in [2.45, 2.75) is 31.9 Å². The molecule has 3 heteroatoms. The topological polar surface area (TPSA) is 26.7 Å². The summed E-state index contributed by atoms with van der Waals surface area (Å²) in [5.74, 6) is 1.07. The van der Waals surface area contributed by atoms with Crippen molar-refractivity contribution in [3.63, 3.8) is 0 Å². The van der Waals surface area contributed by atoms with Crippen LogP contribution in [-0.2, 0) is 0 Å². The highest BCUT2D eigenvalue weighted by atomic mass is 16.3. The molecule has 1 fully saturated rings. The number of aliphatic hydroxyl groups is 1. The first-order valence-corrected chi connectivity index (χ1v) is 6.23. The normalized spacial score (nSPS) is 45.3. The summed E-state index contributed by atoms with van der Waals surface area (Å²) in [5, 5.41) is 10.5. The summed E-state index contributed by atoms with van der Waals surface area (Å²) in [4.78, 5) is 4.56. The molecule has 4 unspecified atom stereocenters. The minimum Gasteiger partial charge on any atom is -0.388 e. The first-order chi connectivity index (χ1) is 7.42. The molecule has 0 aliphatic carbocycles. The van der Waals surface area contributed by atoms with Crippen LogP contribution in [0, 0.1) is 11.8 Å². The van der Waals surface area contributed by atoms with E-state index in [1.807, 2.05) is 6.92 Å². The zero-order valence-electron chi connectivity index (χ0n) is 10.8. The first kappa shape index (κ1) is 11.9. The number of hydrogen-bond donors (Lipinski definition) is 1. The lowest BCUT2D eigenvalue weighted by Gasteiger charge is -2.42. The maximum absolute atomic E-state index is 10.5. The quantitative estimate of drug-likeness (QED) is 0.724. The van der Waals surface area contributed by atoms with Gasteiger partial charge in [-0.05, 0) is 32.5 Å². The van der Waals surface area contributed by atoms with Gasteiger partial charge < -0.3 is 14.9 Å². The molecule has 0 radical (unpaired) electrons. The standard InChI is InChI=1S/C13H24N2O/c1-10-5-7-14(3)9-11(10)12-13(2,16)6-8-15(12)4/h5,7,10-12,16H,6,8-9H2,1-4H3. The Morgan fingerprint density at radius 1 is 1.38 bits per heavy atom. The second-order valence-corrected chi connectivity index (χ2v) is 5.84. The molecule has 0 aromatic carbocycles. The van der Waals surface area contributed by atoms with Gasteiger partial charge in [-0.3, -0.25) is 0 Å². The van der Waals surface area contributed by atoms with E-state index in [-0.39, 0.29) is 6.04 Å². The van der Waals surface area contributed by atoms with Crippen LogP contribution < -0.4 is 0 Å². The third-order valence-electron chi connectivity index (χ3n) is 4.31. The molecule has 1 N–H and O–H groups in total. The predicted molar refractivity (Wildman–Crippen MR) is 66.1 cm³/mol. The summed E-state index contributed by atoms with van der Waals surface area (Å²) in [6.45, 7) is 6.31. The molecule has 16 heavy (non-hydrogen) atoms. The van der Waals surface area contributed by atoms with E-state index in [1.165, 1.54) is 0 Å². The van der Waals surface area contributed by atoms with Crippen LogP contribution in [0.5, 0.6) is 0 Å². The van der Waals surface area contributed by atoms with Crippen molar-refractivity contribution in [3.05, 3.63) is 12.3 Å². The van der Waals surface area contributed by atoms with Gasteiger partial charge in [0.1, 0.15) is 0 Å². The van der Waals surface area contributed by atoms with Crippen LogP contribution >= 0.6 is 0 Å². The van der Waals surface area contributed by atoms with E-state index < -0.39 is 5.60 Å². The molecule has 0 aromatic rings. The molecule has 0 bridgehead atoms. The second kappa shape index (κ2) is 4.04. The van der Waals surface area contributed by atoms with Gasteiger partial charge in [0.2, 0.25) is 0 Å². The van der Waals surface area contributed by atoms with Crippen molar-refractivity contribution in [1.29, 1.82) is 0 Å². The van der Waals surface area contributed by atoms with Gasteiger partial charge in [0.05, 0.1) is 5.60 Å². The molecule has 3 nitrogen and oxygen atoms in total. The van der Waals surface area contributed by atoms with Gasteiger partial charge in [-0.2, -0.15) is 0 Å². The molecule has 2 rings (SSSR count). The van der Waals surface area contributed by atoms with Crippen molar-refractivity contribution in [3.8, 4) is 0 Å². The Bertz CT molecular complexity index is 288. The molecule has 2 aliphatic rings. The van der Waals surface area contributed by atoms with Crippen LogP contribution in [0.1, 0.15) is 20.3 Å². The maximum atomic E-state index is 10.5. The number of nitrogens with zero attached hydrogens (tertiary/aromatic N) is 2. The average Bonchev–Trinajstić information content (AvgIpc) is 2.46. The molecule has 4 atom stereocenters. The van der Waals surface area contributed by atoms with Crippen LogP contribution in [0.3, 0.4) is 0 Å². The largest absolute Gasteiger partial charge is 0.388 e. The maximum Gasteiger partial charge on any atom is 0.0789 e. The van der Waals surface area contributed by atoms with Gasteiger partial charge in [-0.1, -0.05) is 13.0 Å². The Labute approximate surface area is 98.7 Å². The summed E-state index contributed by atoms with van der Waals surface area (Å²) in [6.07, 6.45) is 5.31. The molecule has 0 amide bonds. The molecule has 1 saturated heterocycles. The van der Waals surface area contributed by atoms with Gasteiger partial charge in [0.25, 0.3) is 0 Å². The minimum absolute atomic E-state index is 0.287. The summed E-state index contributed by atoms with van der Waals surface area (Å²) in [5.41, 5.74) is -0.528. The Balaban J connectivity index is 2.20. The van der Waals surface area contributed by atoms with Crippen molar-refractivity contribution in [2.75, 3.05) is 27.2 Å². The molecule has 2 aliphatic heterocycles. The first-order valence-electron chi connectivity index (χ1n) is 6.23. The average molecular weight is 224 g/mol. The monoisotopic (exact) mass is 224 g/mol. The van der Waals surface area contributed by atoms with Gasteiger partial charge in [0.15, 0.2) is 0 Å². The third kappa shape index (κ3) is 1.98. The fourth-order valence-electron chi connectivity index (χ4n) is 3.32. The van der Waals surface area contributed by atoms with Crippen molar-refractivity contribution in [1.82, 2.24) is 9.80 Å². The molecule has 92 valence electrons. The van der Waals surface area contributed by atoms with Crippen molar-refractivity contribution >= 4 is 0 Å². The number of likely N-dealkylation sites (tertiary alicyclic amines) is 1. The van der Waals surface area contributed by atoms with Crippen LogP contribution in [0.4, 0.5) is 0 Å². The molecular formula is C13H24N2O. The summed E-state index contributed by atoms with van der Waals surface area (Å²) >= 11 is 0.